The van der Waals surface area contributed by atoms with Crippen molar-refractivity contribution in [3.05, 3.63) is 34.7 Å². The molecule has 0 aliphatic carbocycles. The molecule has 4 nitrogen and oxygen atoms in total. The summed E-state index contributed by atoms with van der Waals surface area (Å²) in [6, 6.07) is 6.71. The summed E-state index contributed by atoms with van der Waals surface area (Å²) < 4.78 is 5.20. The fourth-order valence-corrected chi connectivity index (χ4v) is 2.50. The molecule has 0 aliphatic rings. The maximum absolute atomic E-state index is 11.4. The lowest BCUT2D eigenvalue weighted by Gasteiger charge is -2.26. The van der Waals surface area contributed by atoms with Crippen LogP contribution in [0.4, 0.5) is 5.69 Å². The summed E-state index contributed by atoms with van der Waals surface area (Å²) in [6.07, 6.45) is 4.43. The molecule has 0 radical (unpaired) electrons. The first kappa shape index (κ1) is 15.4. The van der Waals surface area contributed by atoms with Crippen LogP contribution in [0.3, 0.4) is 0 Å². The highest BCUT2D eigenvalue weighted by Gasteiger charge is 2.14. The zero-order valence-corrected chi connectivity index (χ0v) is 12.8. The van der Waals surface area contributed by atoms with Crippen LogP contribution in [0.1, 0.15) is 39.5 Å². The van der Waals surface area contributed by atoms with E-state index >= 15 is 0 Å². The Labute approximate surface area is 125 Å². The molecule has 1 N–H and O–H groups in total. The number of anilines is 1. The molecule has 1 heterocycles. The minimum absolute atomic E-state index is 0.00477. The van der Waals surface area contributed by atoms with Gasteiger partial charge in [-0.1, -0.05) is 32.8 Å². The maximum Gasteiger partial charge on any atom is 0.339 e. The van der Waals surface area contributed by atoms with Gasteiger partial charge in [0.15, 0.2) is 0 Å². The number of nitrogens with zero attached hydrogens (tertiary/aromatic N) is 1. The van der Waals surface area contributed by atoms with Crippen molar-refractivity contribution in [2.24, 2.45) is 0 Å². The van der Waals surface area contributed by atoms with Crippen LogP contribution in [0.25, 0.3) is 11.0 Å². The summed E-state index contributed by atoms with van der Waals surface area (Å²) in [5, 5.41) is 10.8. The van der Waals surface area contributed by atoms with E-state index in [-0.39, 0.29) is 5.75 Å². The SMILES string of the molecule is CCCCN(CCCC)c1cccc2oc(=O)cc(O)c12. The lowest BCUT2D eigenvalue weighted by atomic mass is 10.1. The van der Waals surface area contributed by atoms with Gasteiger partial charge < -0.3 is 14.4 Å². The zero-order chi connectivity index (χ0) is 15.2. The van der Waals surface area contributed by atoms with Crippen molar-refractivity contribution in [1.82, 2.24) is 0 Å². The topological polar surface area (TPSA) is 53.7 Å². The van der Waals surface area contributed by atoms with Crippen molar-refractivity contribution in [2.45, 2.75) is 39.5 Å². The molecule has 0 unspecified atom stereocenters. The molecule has 21 heavy (non-hydrogen) atoms. The predicted molar refractivity (Wildman–Crippen MR) is 86.2 cm³/mol. The van der Waals surface area contributed by atoms with Crippen LogP contribution in [-0.4, -0.2) is 18.2 Å². The number of fused-ring (bicyclic) bond motifs is 1. The molecule has 2 rings (SSSR count). The average molecular weight is 289 g/mol. The van der Waals surface area contributed by atoms with Crippen LogP contribution in [-0.2, 0) is 0 Å². The van der Waals surface area contributed by atoms with Gasteiger partial charge in [0.25, 0.3) is 0 Å². The number of hydrogen-bond donors (Lipinski definition) is 1. The quantitative estimate of drug-likeness (QED) is 0.785. The Hall–Kier alpha value is -1.97. The van der Waals surface area contributed by atoms with Crippen LogP contribution in [0, 0.1) is 0 Å². The first-order valence-electron chi connectivity index (χ1n) is 7.68. The van der Waals surface area contributed by atoms with Crippen molar-refractivity contribution in [3.8, 4) is 5.75 Å². The Morgan fingerprint density at radius 3 is 2.43 bits per heavy atom. The summed E-state index contributed by atoms with van der Waals surface area (Å²) in [7, 11) is 0. The van der Waals surface area contributed by atoms with Gasteiger partial charge in [0, 0.05) is 13.1 Å². The van der Waals surface area contributed by atoms with E-state index in [0.29, 0.717) is 11.0 Å². The third kappa shape index (κ3) is 3.57. The molecule has 2 aromatic rings. The largest absolute Gasteiger partial charge is 0.507 e. The molecule has 1 aromatic heterocycles. The molecule has 0 amide bonds. The number of benzene rings is 1. The number of rotatable bonds is 7. The van der Waals surface area contributed by atoms with Gasteiger partial charge >= 0.3 is 5.63 Å². The van der Waals surface area contributed by atoms with E-state index in [1.54, 1.807) is 6.07 Å². The van der Waals surface area contributed by atoms with Gasteiger partial charge in [-0.25, -0.2) is 4.79 Å². The summed E-state index contributed by atoms with van der Waals surface area (Å²) in [4.78, 5) is 13.7. The Bertz CT molecular complexity index is 640. The molecule has 0 atom stereocenters. The van der Waals surface area contributed by atoms with Crippen molar-refractivity contribution in [1.29, 1.82) is 0 Å². The third-order valence-corrected chi connectivity index (χ3v) is 3.63. The van der Waals surface area contributed by atoms with Gasteiger partial charge in [0.1, 0.15) is 11.3 Å². The predicted octanol–water partition coefficient (Wildman–Crippen LogP) is 3.91. The van der Waals surface area contributed by atoms with E-state index < -0.39 is 5.63 Å². The lowest BCUT2D eigenvalue weighted by molar-refractivity contribution is 0.468. The van der Waals surface area contributed by atoms with Gasteiger partial charge in [0.05, 0.1) is 17.1 Å². The van der Waals surface area contributed by atoms with Crippen molar-refractivity contribution >= 4 is 16.7 Å². The van der Waals surface area contributed by atoms with E-state index in [1.807, 2.05) is 12.1 Å². The fraction of sp³-hybridized carbons (Fsp3) is 0.471. The highest BCUT2D eigenvalue weighted by molar-refractivity contribution is 5.95. The van der Waals surface area contributed by atoms with Crippen LogP contribution in [0.5, 0.6) is 5.75 Å². The Balaban J connectivity index is 2.48. The Morgan fingerprint density at radius 1 is 1.14 bits per heavy atom. The normalized spacial score (nSPS) is 11.0. The Morgan fingerprint density at radius 2 is 1.81 bits per heavy atom. The van der Waals surface area contributed by atoms with E-state index in [9.17, 15) is 9.90 Å². The molecule has 0 saturated heterocycles. The number of aromatic hydroxyl groups is 1. The van der Waals surface area contributed by atoms with Crippen molar-refractivity contribution in [3.63, 3.8) is 0 Å². The summed E-state index contributed by atoms with van der Waals surface area (Å²) in [5.41, 5.74) is 0.858. The molecule has 0 fully saturated rings. The van der Waals surface area contributed by atoms with Crippen LogP contribution >= 0.6 is 0 Å². The van der Waals surface area contributed by atoms with Crippen molar-refractivity contribution < 1.29 is 9.52 Å². The highest BCUT2D eigenvalue weighted by Crippen LogP contribution is 2.33. The van der Waals surface area contributed by atoms with Crippen molar-refractivity contribution in [2.75, 3.05) is 18.0 Å². The molecular formula is C17H23NO3. The molecule has 0 saturated carbocycles. The Kier molecular flexibility index (Phi) is 5.26. The first-order chi connectivity index (χ1) is 10.2. The summed E-state index contributed by atoms with van der Waals surface area (Å²) >= 11 is 0. The standard InChI is InChI=1S/C17H23NO3/c1-3-5-10-18(11-6-4-2)13-8-7-9-15-17(13)14(19)12-16(20)21-15/h7-9,12,19H,3-6,10-11H2,1-2H3. The highest BCUT2D eigenvalue weighted by atomic mass is 16.4. The van der Waals surface area contributed by atoms with E-state index in [1.165, 1.54) is 0 Å². The monoisotopic (exact) mass is 289 g/mol. The maximum atomic E-state index is 11.4. The van der Waals surface area contributed by atoms with Gasteiger partial charge in [-0.2, -0.15) is 0 Å². The molecule has 1 aromatic carbocycles. The second kappa shape index (κ2) is 7.16. The summed E-state index contributed by atoms with van der Waals surface area (Å²) in [5.74, 6) is -0.00477. The minimum Gasteiger partial charge on any atom is -0.507 e. The third-order valence-electron chi connectivity index (χ3n) is 3.63. The average Bonchev–Trinajstić information content (AvgIpc) is 2.46. The molecule has 114 valence electrons. The zero-order valence-electron chi connectivity index (χ0n) is 12.8. The smallest absolute Gasteiger partial charge is 0.339 e. The second-order valence-corrected chi connectivity index (χ2v) is 5.30. The number of hydrogen-bond acceptors (Lipinski definition) is 4. The molecule has 4 heteroatoms. The van der Waals surface area contributed by atoms with Gasteiger partial charge in [0.2, 0.25) is 0 Å². The van der Waals surface area contributed by atoms with Gasteiger partial charge in [-0.3, -0.25) is 0 Å². The van der Waals surface area contributed by atoms with E-state index in [2.05, 4.69) is 18.7 Å². The van der Waals surface area contributed by atoms with E-state index in [4.69, 9.17) is 4.42 Å². The molecular weight excluding hydrogens is 266 g/mol. The minimum atomic E-state index is -0.522. The fourth-order valence-electron chi connectivity index (χ4n) is 2.50. The van der Waals surface area contributed by atoms with Crippen LogP contribution < -0.4 is 10.5 Å². The van der Waals surface area contributed by atoms with E-state index in [0.717, 1.165) is 50.5 Å². The van der Waals surface area contributed by atoms with Gasteiger partial charge in [-0.15, -0.1) is 0 Å². The molecule has 0 bridgehead atoms. The molecule has 0 aliphatic heterocycles. The summed E-state index contributed by atoms with van der Waals surface area (Å²) in [6.45, 7) is 6.21. The second-order valence-electron chi connectivity index (χ2n) is 5.30. The lowest BCUT2D eigenvalue weighted by Crippen LogP contribution is -2.25. The number of unbranched alkanes of at least 4 members (excludes halogenated alkanes) is 2. The van der Waals surface area contributed by atoms with Crippen LogP contribution in [0.2, 0.25) is 0 Å². The van der Waals surface area contributed by atoms with Crippen LogP contribution in [0.15, 0.2) is 33.5 Å². The van der Waals surface area contributed by atoms with Gasteiger partial charge in [-0.05, 0) is 25.0 Å². The molecule has 0 spiro atoms. The first-order valence-corrected chi connectivity index (χ1v) is 7.68.